The topological polar surface area (TPSA) is 58.1 Å². The molecule has 1 saturated heterocycles. The van der Waals surface area contributed by atoms with E-state index in [0.29, 0.717) is 5.69 Å². The summed E-state index contributed by atoms with van der Waals surface area (Å²) in [5.41, 5.74) is 4.66. The van der Waals surface area contributed by atoms with E-state index in [-0.39, 0.29) is 11.9 Å². The zero-order valence-electron chi connectivity index (χ0n) is 17.2. The van der Waals surface area contributed by atoms with Crippen molar-refractivity contribution in [2.24, 2.45) is 0 Å². The van der Waals surface area contributed by atoms with E-state index in [2.05, 4.69) is 50.9 Å². The molecule has 5 rings (SSSR count). The lowest BCUT2D eigenvalue weighted by Crippen LogP contribution is -2.44. The lowest BCUT2D eigenvalue weighted by Gasteiger charge is -2.32. The number of aromatic nitrogens is 2. The number of carbonyl (C=O) groups excluding carboxylic acids is 1. The van der Waals surface area contributed by atoms with Crippen LogP contribution in [0.25, 0.3) is 22.0 Å². The monoisotopic (exact) mass is 428 g/mol. The Kier molecular flexibility index (Phi) is 5.74. The first-order valence-electron chi connectivity index (χ1n) is 10.6. The molecule has 0 spiro atoms. The van der Waals surface area contributed by atoms with Gasteiger partial charge >= 0.3 is 0 Å². The van der Waals surface area contributed by atoms with Gasteiger partial charge in [-0.1, -0.05) is 30.3 Å². The van der Waals surface area contributed by atoms with Crippen molar-refractivity contribution in [2.75, 3.05) is 13.1 Å². The molecular formula is C25H24N4OS. The van der Waals surface area contributed by atoms with E-state index in [9.17, 15) is 4.79 Å². The van der Waals surface area contributed by atoms with E-state index in [4.69, 9.17) is 4.98 Å². The van der Waals surface area contributed by atoms with Crippen LogP contribution < -0.4 is 5.32 Å². The average molecular weight is 429 g/mol. The highest BCUT2D eigenvalue weighted by atomic mass is 32.1. The summed E-state index contributed by atoms with van der Waals surface area (Å²) in [6, 6.07) is 16.5. The maximum Gasteiger partial charge on any atom is 0.270 e. The van der Waals surface area contributed by atoms with Crippen LogP contribution in [0, 0.1) is 0 Å². The number of hydrogen-bond acceptors (Lipinski definition) is 5. The maximum atomic E-state index is 12.9. The maximum absolute atomic E-state index is 12.9. The molecule has 0 unspecified atom stereocenters. The van der Waals surface area contributed by atoms with E-state index in [1.165, 1.54) is 5.56 Å². The fourth-order valence-electron chi connectivity index (χ4n) is 4.13. The summed E-state index contributed by atoms with van der Waals surface area (Å²) >= 11 is 1.64. The van der Waals surface area contributed by atoms with Crippen LogP contribution in [-0.2, 0) is 6.54 Å². The van der Waals surface area contributed by atoms with Crippen molar-refractivity contribution in [3.63, 3.8) is 0 Å². The summed E-state index contributed by atoms with van der Waals surface area (Å²) in [7, 11) is 0. The van der Waals surface area contributed by atoms with Gasteiger partial charge in [0.05, 0.1) is 5.52 Å². The molecule has 31 heavy (non-hydrogen) atoms. The van der Waals surface area contributed by atoms with Crippen LogP contribution in [0.1, 0.15) is 28.9 Å². The number of piperidine rings is 1. The highest BCUT2D eigenvalue weighted by Gasteiger charge is 2.22. The second-order valence-corrected chi connectivity index (χ2v) is 8.76. The summed E-state index contributed by atoms with van der Waals surface area (Å²) in [6.45, 7) is 2.94. The molecule has 1 aliphatic rings. The largest absolute Gasteiger partial charge is 0.348 e. The smallest absolute Gasteiger partial charge is 0.270 e. The van der Waals surface area contributed by atoms with Crippen molar-refractivity contribution in [3.8, 4) is 11.1 Å². The Bertz CT molecular complexity index is 1170. The summed E-state index contributed by atoms with van der Waals surface area (Å²) in [4.78, 5) is 24.4. The van der Waals surface area contributed by atoms with E-state index in [0.717, 1.165) is 54.5 Å². The minimum absolute atomic E-state index is 0.100. The highest BCUT2D eigenvalue weighted by Crippen LogP contribution is 2.28. The van der Waals surface area contributed by atoms with Gasteiger partial charge in [-0.15, -0.1) is 0 Å². The molecule has 5 nitrogen and oxygen atoms in total. The zero-order chi connectivity index (χ0) is 21.0. The number of hydrogen-bond donors (Lipinski definition) is 1. The minimum Gasteiger partial charge on any atom is -0.348 e. The summed E-state index contributed by atoms with van der Waals surface area (Å²) in [6.07, 6.45) is 5.52. The van der Waals surface area contributed by atoms with Gasteiger partial charge in [0.25, 0.3) is 5.91 Å². The third-order valence-electron chi connectivity index (χ3n) is 5.84. The van der Waals surface area contributed by atoms with Gasteiger partial charge in [0, 0.05) is 49.0 Å². The number of nitrogens with one attached hydrogen (secondary N) is 1. The third kappa shape index (κ3) is 4.50. The summed E-state index contributed by atoms with van der Waals surface area (Å²) < 4.78 is 0. The lowest BCUT2D eigenvalue weighted by molar-refractivity contribution is 0.0904. The van der Waals surface area contributed by atoms with Crippen LogP contribution in [0.5, 0.6) is 0 Å². The number of nitrogens with zero attached hydrogens (tertiary/aromatic N) is 3. The molecule has 0 aliphatic carbocycles. The lowest BCUT2D eigenvalue weighted by atomic mass is 10.0. The molecular weight excluding hydrogens is 404 g/mol. The molecule has 1 fully saturated rings. The molecule has 0 bridgehead atoms. The minimum atomic E-state index is -0.100. The van der Waals surface area contributed by atoms with Gasteiger partial charge in [-0.05, 0) is 52.9 Å². The fraction of sp³-hybridized carbons (Fsp3) is 0.240. The molecule has 0 atom stereocenters. The van der Waals surface area contributed by atoms with Crippen LogP contribution in [-0.4, -0.2) is 39.9 Å². The van der Waals surface area contributed by atoms with Crippen molar-refractivity contribution >= 4 is 28.1 Å². The van der Waals surface area contributed by atoms with Crippen molar-refractivity contribution in [2.45, 2.75) is 25.4 Å². The Balaban J connectivity index is 1.25. The van der Waals surface area contributed by atoms with Crippen LogP contribution >= 0.6 is 11.3 Å². The molecule has 0 saturated carbocycles. The molecule has 1 aromatic carbocycles. The Hall–Kier alpha value is -3.09. The van der Waals surface area contributed by atoms with E-state index in [1.54, 1.807) is 23.6 Å². The van der Waals surface area contributed by atoms with E-state index < -0.39 is 0 Å². The number of thiophene rings is 1. The summed E-state index contributed by atoms with van der Waals surface area (Å²) in [5, 5.41) is 8.25. The predicted octanol–water partition coefficient (Wildman–Crippen LogP) is 4.75. The Labute approximate surface area is 185 Å². The van der Waals surface area contributed by atoms with Gasteiger partial charge in [0.1, 0.15) is 5.69 Å². The number of likely N-dealkylation sites (tertiary alicyclic amines) is 1. The molecule has 6 heteroatoms. The number of pyridine rings is 2. The number of carbonyl (C=O) groups is 1. The number of rotatable bonds is 5. The van der Waals surface area contributed by atoms with Gasteiger partial charge in [-0.25, -0.2) is 4.98 Å². The normalized spacial score (nSPS) is 15.2. The van der Waals surface area contributed by atoms with Gasteiger partial charge in [-0.2, -0.15) is 11.3 Å². The number of fused-ring (bicyclic) bond motifs is 1. The number of benzene rings is 1. The standard InChI is InChI=1S/C25H24N4OS/c30-25(27-21-8-11-29(12-9-21)16-18-4-2-1-3-5-18)23-7-6-19-14-26-15-22(24(19)28-23)20-10-13-31-17-20/h1-7,10,13-15,17,21H,8-9,11-12,16H2,(H,27,30). The molecule has 1 amide bonds. The fourth-order valence-corrected chi connectivity index (χ4v) is 4.79. The van der Waals surface area contributed by atoms with Crippen LogP contribution in [0.3, 0.4) is 0 Å². The Morgan fingerprint density at radius 3 is 2.68 bits per heavy atom. The van der Waals surface area contributed by atoms with Gasteiger partial charge < -0.3 is 5.32 Å². The molecule has 0 radical (unpaired) electrons. The van der Waals surface area contributed by atoms with Crippen LogP contribution in [0.2, 0.25) is 0 Å². The van der Waals surface area contributed by atoms with Crippen LogP contribution in [0.4, 0.5) is 0 Å². The van der Waals surface area contributed by atoms with Crippen molar-refractivity contribution in [1.82, 2.24) is 20.2 Å². The average Bonchev–Trinajstić information content (AvgIpc) is 3.35. The molecule has 4 aromatic rings. The zero-order valence-corrected chi connectivity index (χ0v) is 18.0. The van der Waals surface area contributed by atoms with E-state index >= 15 is 0 Å². The van der Waals surface area contributed by atoms with E-state index in [1.807, 2.05) is 23.7 Å². The van der Waals surface area contributed by atoms with Gasteiger partial charge in [0.15, 0.2) is 0 Å². The van der Waals surface area contributed by atoms with Crippen molar-refractivity contribution < 1.29 is 4.79 Å². The molecule has 4 heterocycles. The Morgan fingerprint density at radius 1 is 1.06 bits per heavy atom. The summed E-state index contributed by atoms with van der Waals surface area (Å²) in [5.74, 6) is -0.100. The second kappa shape index (κ2) is 8.96. The molecule has 156 valence electrons. The molecule has 1 N–H and O–H groups in total. The van der Waals surface area contributed by atoms with Crippen molar-refractivity contribution in [3.05, 3.63) is 82.9 Å². The van der Waals surface area contributed by atoms with Gasteiger partial charge in [0.2, 0.25) is 0 Å². The SMILES string of the molecule is O=C(NC1CCN(Cc2ccccc2)CC1)c1ccc2cncc(-c3ccsc3)c2n1. The third-order valence-corrected chi connectivity index (χ3v) is 6.52. The van der Waals surface area contributed by atoms with Gasteiger partial charge in [-0.3, -0.25) is 14.7 Å². The second-order valence-electron chi connectivity index (χ2n) is 7.98. The highest BCUT2D eigenvalue weighted by molar-refractivity contribution is 7.08. The van der Waals surface area contributed by atoms with Crippen molar-refractivity contribution in [1.29, 1.82) is 0 Å². The molecule has 1 aliphatic heterocycles. The first-order chi connectivity index (χ1) is 15.3. The first kappa shape index (κ1) is 19.8. The predicted molar refractivity (Wildman–Crippen MR) is 125 cm³/mol. The number of amides is 1. The molecule has 3 aromatic heterocycles. The Morgan fingerprint density at radius 2 is 1.90 bits per heavy atom. The quantitative estimate of drug-likeness (QED) is 0.498. The van der Waals surface area contributed by atoms with Crippen LogP contribution in [0.15, 0.2) is 71.7 Å². The first-order valence-corrected chi connectivity index (χ1v) is 11.5.